The second-order valence-corrected chi connectivity index (χ2v) is 4.73. The van der Waals surface area contributed by atoms with Gasteiger partial charge in [0.1, 0.15) is 5.82 Å². The summed E-state index contributed by atoms with van der Waals surface area (Å²) in [5, 5.41) is 2.86. The van der Waals surface area contributed by atoms with Crippen LogP contribution in [0.2, 0.25) is 0 Å². The van der Waals surface area contributed by atoms with Gasteiger partial charge in [-0.3, -0.25) is 4.98 Å². The van der Waals surface area contributed by atoms with Crippen molar-refractivity contribution in [1.82, 2.24) is 24.9 Å². The molecular weight excluding hydrogens is 329 g/mol. The van der Waals surface area contributed by atoms with Crippen molar-refractivity contribution in [2.24, 2.45) is 0 Å². The summed E-state index contributed by atoms with van der Waals surface area (Å²) in [6, 6.07) is 5.61. The molecule has 0 saturated carbocycles. The van der Waals surface area contributed by atoms with E-state index >= 15 is 0 Å². The zero-order chi connectivity index (χ0) is 17.6. The monoisotopic (exact) mass is 341 g/mol. The highest BCUT2D eigenvalue weighted by atomic mass is 19.1. The van der Waals surface area contributed by atoms with E-state index in [4.69, 9.17) is 10.5 Å². The summed E-state index contributed by atoms with van der Waals surface area (Å²) in [5.74, 6) is -0.790. The molecule has 0 spiro atoms. The molecule has 0 radical (unpaired) electrons. The topological polar surface area (TPSA) is 129 Å². The van der Waals surface area contributed by atoms with Crippen LogP contribution in [0.3, 0.4) is 0 Å². The van der Waals surface area contributed by atoms with Crippen LogP contribution in [0.1, 0.15) is 16.3 Å². The minimum atomic E-state index is -0.667. The fourth-order valence-electron chi connectivity index (χ4n) is 1.83. The number of esters is 1. The zero-order valence-corrected chi connectivity index (χ0v) is 12.8. The molecule has 3 aromatic rings. The van der Waals surface area contributed by atoms with Gasteiger partial charge in [0.25, 0.3) is 0 Å². The highest BCUT2D eigenvalue weighted by Gasteiger charge is 2.11. The van der Waals surface area contributed by atoms with Gasteiger partial charge >= 0.3 is 5.97 Å². The Labute approximate surface area is 141 Å². The molecule has 0 aliphatic carbocycles. The highest BCUT2D eigenvalue weighted by molar-refractivity contribution is 5.86. The van der Waals surface area contributed by atoms with Crippen LogP contribution in [0, 0.1) is 5.82 Å². The fourth-order valence-corrected chi connectivity index (χ4v) is 1.83. The SMILES string of the molecule is Nc1nc(COC(=O)c2cnccn2)nc(Nc2ccc(F)cc2)n1. The molecule has 1 aromatic carbocycles. The van der Waals surface area contributed by atoms with E-state index in [2.05, 4.69) is 30.2 Å². The number of halogens is 1. The second kappa shape index (κ2) is 7.25. The molecule has 2 aromatic heterocycles. The Morgan fingerprint density at radius 1 is 1.16 bits per heavy atom. The van der Waals surface area contributed by atoms with Crippen molar-refractivity contribution in [3.63, 3.8) is 0 Å². The van der Waals surface area contributed by atoms with Gasteiger partial charge in [-0.05, 0) is 24.3 Å². The molecule has 0 unspecified atom stereocenters. The van der Waals surface area contributed by atoms with Crippen LogP contribution in [-0.4, -0.2) is 30.9 Å². The summed E-state index contributed by atoms with van der Waals surface area (Å²) in [4.78, 5) is 31.4. The molecule has 3 rings (SSSR count). The van der Waals surface area contributed by atoms with Crippen LogP contribution in [0.5, 0.6) is 0 Å². The summed E-state index contributed by atoms with van der Waals surface area (Å²) in [7, 11) is 0. The Balaban J connectivity index is 1.69. The molecule has 2 heterocycles. The molecular formula is C15H12FN7O2. The number of nitrogens with two attached hydrogens (primary N) is 1. The van der Waals surface area contributed by atoms with Crippen LogP contribution in [0.4, 0.5) is 22.0 Å². The number of nitrogens with one attached hydrogen (secondary N) is 1. The molecule has 10 heteroatoms. The molecule has 0 atom stereocenters. The number of hydrogen-bond acceptors (Lipinski definition) is 9. The Hall–Kier alpha value is -3.69. The lowest BCUT2D eigenvalue weighted by molar-refractivity contribution is 0.0454. The maximum Gasteiger partial charge on any atom is 0.358 e. The standard InChI is InChI=1S/C15H12FN7O2/c16-9-1-3-10(4-2-9)20-15-22-12(21-14(17)23-15)8-25-13(24)11-7-18-5-6-19-11/h1-7H,8H2,(H3,17,20,21,22,23). The van der Waals surface area contributed by atoms with E-state index in [-0.39, 0.29) is 35.8 Å². The molecule has 0 amide bonds. The van der Waals surface area contributed by atoms with Gasteiger partial charge < -0.3 is 15.8 Å². The van der Waals surface area contributed by atoms with Crippen molar-refractivity contribution in [2.75, 3.05) is 11.1 Å². The first kappa shape index (κ1) is 16.2. The lowest BCUT2D eigenvalue weighted by atomic mass is 10.3. The minimum absolute atomic E-state index is 0.0508. The third-order valence-electron chi connectivity index (χ3n) is 2.90. The van der Waals surface area contributed by atoms with Crippen LogP contribution >= 0.6 is 0 Å². The lowest BCUT2D eigenvalue weighted by Crippen LogP contribution is -2.12. The Morgan fingerprint density at radius 2 is 1.96 bits per heavy atom. The van der Waals surface area contributed by atoms with Gasteiger partial charge in [-0.2, -0.15) is 15.0 Å². The molecule has 0 aliphatic rings. The third-order valence-corrected chi connectivity index (χ3v) is 2.90. The van der Waals surface area contributed by atoms with E-state index < -0.39 is 5.97 Å². The van der Waals surface area contributed by atoms with E-state index in [0.717, 1.165) is 0 Å². The maximum atomic E-state index is 12.9. The van der Waals surface area contributed by atoms with Gasteiger partial charge in [0.2, 0.25) is 11.9 Å². The number of ether oxygens (including phenoxy) is 1. The van der Waals surface area contributed by atoms with Crippen molar-refractivity contribution in [3.05, 3.63) is 60.2 Å². The first-order valence-electron chi connectivity index (χ1n) is 7.06. The predicted molar refractivity (Wildman–Crippen MR) is 85.1 cm³/mol. The molecule has 3 N–H and O–H groups in total. The summed E-state index contributed by atoms with van der Waals surface area (Å²) in [5.41, 5.74) is 6.26. The van der Waals surface area contributed by atoms with Crippen molar-refractivity contribution < 1.29 is 13.9 Å². The number of carbonyl (C=O) groups is 1. The second-order valence-electron chi connectivity index (χ2n) is 4.73. The third kappa shape index (κ3) is 4.41. The summed E-state index contributed by atoms with van der Waals surface area (Å²) >= 11 is 0. The van der Waals surface area contributed by atoms with E-state index in [1.54, 1.807) is 0 Å². The zero-order valence-electron chi connectivity index (χ0n) is 12.8. The number of carbonyl (C=O) groups excluding carboxylic acids is 1. The van der Waals surface area contributed by atoms with Crippen LogP contribution < -0.4 is 11.1 Å². The van der Waals surface area contributed by atoms with Crippen molar-refractivity contribution in [1.29, 1.82) is 0 Å². The van der Waals surface area contributed by atoms with Crippen molar-refractivity contribution >= 4 is 23.6 Å². The van der Waals surface area contributed by atoms with E-state index in [9.17, 15) is 9.18 Å². The smallest absolute Gasteiger partial charge is 0.358 e. The van der Waals surface area contributed by atoms with Crippen LogP contribution in [-0.2, 0) is 11.3 Å². The number of nitrogen functional groups attached to an aromatic ring is 1. The summed E-state index contributed by atoms with van der Waals surface area (Å²) < 4.78 is 18.0. The fraction of sp³-hybridized carbons (Fsp3) is 0.0667. The average molecular weight is 341 g/mol. The van der Waals surface area contributed by atoms with Crippen LogP contribution in [0.25, 0.3) is 0 Å². The predicted octanol–water partition coefficient (Wildman–Crippen LogP) is 1.48. The van der Waals surface area contributed by atoms with Gasteiger partial charge in [0.15, 0.2) is 18.1 Å². The molecule has 9 nitrogen and oxygen atoms in total. The quantitative estimate of drug-likeness (QED) is 0.663. The van der Waals surface area contributed by atoms with Gasteiger partial charge in [-0.15, -0.1) is 0 Å². The van der Waals surface area contributed by atoms with E-state index in [1.165, 1.54) is 42.9 Å². The number of benzene rings is 1. The average Bonchev–Trinajstić information content (AvgIpc) is 2.62. The first-order chi connectivity index (χ1) is 12.1. The Bertz CT molecular complexity index is 875. The normalized spacial score (nSPS) is 10.3. The first-order valence-corrected chi connectivity index (χ1v) is 7.06. The maximum absolute atomic E-state index is 12.9. The number of rotatable bonds is 5. The molecule has 0 saturated heterocycles. The molecule has 0 bridgehead atoms. The number of aromatic nitrogens is 5. The Kier molecular flexibility index (Phi) is 4.69. The summed E-state index contributed by atoms with van der Waals surface area (Å²) in [6.45, 7) is -0.222. The van der Waals surface area contributed by atoms with Crippen molar-refractivity contribution in [3.8, 4) is 0 Å². The summed E-state index contributed by atoms with van der Waals surface area (Å²) in [6.07, 6.45) is 4.10. The number of nitrogens with zero attached hydrogens (tertiary/aromatic N) is 5. The van der Waals surface area contributed by atoms with Gasteiger partial charge in [0, 0.05) is 18.1 Å². The molecule has 0 aliphatic heterocycles. The van der Waals surface area contributed by atoms with E-state index in [0.29, 0.717) is 5.69 Å². The molecule has 0 fully saturated rings. The van der Waals surface area contributed by atoms with E-state index in [1.807, 2.05) is 0 Å². The van der Waals surface area contributed by atoms with Gasteiger partial charge in [-0.1, -0.05) is 0 Å². The number of hydrogen-bond donors (Lipinski definition) is 2. The molecule has 126 valence electrons. The van der Waals surface area contributed by atoms with Gasteiger partial charge in [0.05, 0.1) is 6.20 Å². The highest BCUT2D eigenvalue weighted by Crippen LogP contribution is 2.14. The van der Waals surface area contributed by atoms with Gasteiger partial charge in [-0.25, -0.2) is 14.2 Å². The Morgan fingerprint density at radius 3 is 2.68 bits per heavy atom. The minimum Gasteiger partial charge on any atom is -0.453 e. The largest absolute Gasteiger partial charge is 0.453 e. The molecule has 25 heavy (non-hydrogen) atoms. The number of anilines is 3. The van der Waals surface area contributed by atoms with Crippen molar-refractivity contribution in [2.45, 2.75) is 6.61 Å². The lowest BCUT2D eigenvalue weighted by Gasteiger charge is -2.08. The van der Waals surface area contributed by atoms with Crippen LogP contribution in [0.15, 0.2) is 42.9 Å².